The van der Waals surface area contributed by atoms with E-state index in [1.807, 2.05) is 0 Å². The van der Waals surface area contributed by atoms with Crippen molar-refractivity contribution in [2.24, 2.45) is 0 Å². The summed E-state index contributed by atoms with van der Waals surface area (Å²) in [6.07, 6.45) is -4.03. The molecule has 1 N–H and O–H groups in total. The smallest absolute Gasteiger partial charge is 0.314 e. The van der Waals surface area contributed by atoms with E-state index in [2.05, 4.69) is 5.32 Å². The summed E-state index contributed by atoms with van der Waals surface area (Å²) >= 11 is 0.983. The van der Waals surface area contributed by atoms with Crippen LogP contribution in [0.3, 0.4) is 0 Å². The van der Waals surface area contributed by atoms with Gasteiger partial charge < -0.3 is 5.32 Å². The third kappa shape index (κ3) is 2.05. The molecule has 0 amide bonds. The van der Waals surface area contributed by atoms with Gasteiger partial charge in [0.1, 0.15) is 5.25 Å². The van der Waals surface area contributed by atoms with Crippen LogP contribution in [0.1, 0.15) is 0 Å². The molecule has 1 saturated heterocycles. The van der Waals surface area contributed by atoms with Gasteiger partial charge >= 0.3 is 6.18 Å². The highest BCUT2D eigenvalue weighted by molar-refractivity contribution is 8.00. The Hall–Kier alpha value is 0.100. The van der Waals surface area contributed by atoms with Crippen LogP contribution in [0, 0.1) is 0 Å². The maximum Gasteiger partial charge on any atom is 0.401 e. The number of rotatable bonds is 0. The zero-order valence-corrected chi connectivity index (χ0v) is 6.06. The third-order valence-corrected chi connectivity index (χ3v) is 2.57. The lowest BCUT2D eigenvalue weighted by Crippen LogP contribution is -2.41. The van der Waals surface area contributed by atoms with Gasteiger partial charge in [0, 0.05) is 18.8 Å². The van der Waals surface area contributed by atoms with E-state index in [-0.39, 0.29) is 6.54 Å². The molecule has 5 heteroatoms. The number of hydrogen-bond acceptors (Lipinski definition) is 2. The minimum atomic E-state index is -4.03. The summed E-state index contributed by atoms with van der Waals surface area (Å²) in [5.41, 5.74) is 0. The largest absolute Gasteiger partial charge is 0.401 e. The van der Waals surface area contributed by atoms with Crippen LogP contribution in [0.5, 0.6) is 0 Å². The van der Waals surface area contributed by atoms with E-state index < -0.39 is 11.4 Å². The first-order valence-corrected chi connectivity index (χ1v) is 4.04. The van der Waals surface area contributed by atoms with Gasteiger partial charge in [-0.25, -0.2) is 0 Å². The van der Waals surface area contributed by atoms with Crippen LogP contribution < -0.4 is 5.32 Å². The summed E-state index contributed by atoms with van der Waals surface area (Å²) in [6.45, 7) is 0.755. The van der Waals surface area contributed by atoms with E-state index in [0.29, 0.717) is 12.3 Å². The second-order valence-corrected chi connectivity index (χ2v) is 3.42. The Morgan fingerprint density at radius 2 is 2.10 bits per heavy atom. The van der Waals surface area contributed by atoms with Crippen LogP contribution in [-0.2, 0) is 0 Å². The summed E-state index contributed by atoms with van der Waals surface area (Å²) in [7, 11) is 0. The molecule has 1 heterocycles. The molecule has 1 atom stereocenters. The Kier molecular flexibility index (Phi) is 2.46. The molecule has 60 valence electrons. The van der Waals surface area contributed by atoms with Crippen LogP contribution in [0.2, 0.25) is 0 Å². The summed E-state index contributed by atoms with van der Waals surface area (Å²) in [6, 6.07) is 0. The first kappa shape index (κ1) is 8.20. The zero-order valence-electron chi connectivity index (χ0n) is 5.24. The van der Waals surface area contributed by atoms with E-state index in [1.54, 1.807) is 0 Å². The molecule has 1 nitrogen and oxygen atoms in total. The van der Waals surface area contributed by atoms with Crippen molar-refractivity contribution in [3.8, 4) is 0 Å². The average molecular weight is 171 g/mol. The molecule has 0 bridgehead atoms. The summed E-state index contributed by atoms with van der Waals surface area (Å²) in [4.78, 5) is 0. The standard InChI is InChI=1S/C5H8F3NS/c6-5(7,8)4-3-9-1-2-10-4/h4,9H,1-3H2. The van der Waals surface area contributed by atoms with Gasteiger partial charge in [0.2, 0.25) is 0 Å². The molecule has 0 spiro atoms. The first-order valence-electron chi connectivity index (χ1n) is 3.00. The van der Waals surface area contributed by atoms with Crippen LogP contribution in [-0.4, -0.2) is 30.3 Å². The van der Waals surface area contributed by atoms with Gasteiger partial charge in [0.05, 0.1) is 0 Å². The van der Waals surface area contributed by atoms with Crippen molar-refractivity contribution in [1.82, 2.24) is 5.32 Å². The highest BCUT2D eigenvalue weighted by Gasteiger charge is 2.40. The lowest BCUT2D eigenvalue weighted by atomic mass is 10.4. The first-order chi connectivity index (χ1) is 4.61. The average Bonchev–Trinajstić information content (AvgIpc) is 1.88. The van der Waals surface area contributed by atoms with Crippen LogP contribution in [0.4, 0.5) is 13.2 Å². The minimum Gasteiger partial charge on any atom is -0.314 e. The highest BCUT2D eigenvalue weighted by atomic mass is 32.2. The normalized spacial score (nSPS) is 28.5. The number of thioether (sulfide) groups is 1. The van der Waals surface area contributed by atoms with Gasteiger partial charge in [0.25, 0.3) is 0 Å². The maximum absolute atomic E-state index is 11.9. The fourth-order valence-electron chi connectivity index (χ4n) is 0.776. The van der Waals surface area contributed by atoms with Crippen molar-refractivity contribution in [2.45, 2.75) is 11.4 Å². The molecule has 1 aliphatic rings. The second-order valence-electron chi connectivity index (χ2n) is 2.11. The Bertz CT molecular complexity index is 108. The Morgan fingerprint density at radius 3 is 2.40 bits per heavy atom. The molecular formula is C5H8F3NS. The zero-order chi connectivity index (χ0) is 7.61. The predicted octanol–water partition coefficient (Wildman–Crippen LogP) is 1.25. The van der Waals surface area contributed by atoms with Gasteiger partial charge in [0.15, 0.2) is 0 Å². The summed E-state index contributed by atoms with van der Waals surface area (Å²) in [5.74, 6) is 0.560. The van der Waals surface area contributed by atoms with E-state index in [0.717, 1.165) is 11.8 Å². The molecular weight excluding hydrogens is 163 g/mol. The molecule has 1 aliphatic heterocycles. The maximum atomic E-state index is 11.9. The van der Waals surface area contributed by atoms with Gasteiger partial charge in [-0.05, 0) is 0 Å². The van der Waals surface area contributed by atoms with Crippen molar-refractivity contribution in [3.63, 3.8) is 0 Å². The van der Waals surface area contributed by atoms with E-state index >= 15 is 0 Å². The summed E-state index contributed by atoms with van der Waals surface area (Å²) < 4.78 is 35.6. The predicted molar refractivity (Wildman–Crippen MR) is 35.2 cm³/mol. The number of alkyl halides is 3. The van der Waals surface area contributed by atoms with Gasteiger partial charge in [-0.3, -0.25) is 0 Å². The second kappa shape index (κ2) is 3.00. The highest BCUT2D eigenvalue weighted by Crippen LogP contribution is 2.30. The van der Waals surface area contributed by atoms with E-state index in [9.17, 15) is 13.2 Å². The monoisotopic (exact) mass is 171 g/mol. The number of nitrogens with one attached hydrogen (secondary N) is 1. The van der Waals surface area contributed by atoms with Crippen LogP contribution in [0.15, 0.2) is 0 Å². The molecule has 0 aliphatic carbocycles. The van der Waals surface area contributed by atoms with Gasteiger partial charge in [-0.1, -0.05) is 0 Å². The fraction of sp³-hybridized carbons (Fsp3) is 1.00. The van der Waals surface area contributed by atoms with Crippen molar-refractivity contribution < 1.29 is 13.2 Å². The molecule has 0 aromatic heterocycles. The van der Waals surface area contributed by atoms with Crippen molar-refractivity contribution >= 4 is 11.8 Å². The molecule has 0 aromatic rings. The Labute approximate surface area is 61.4 Å². The quantitative estimate of drug-likeness (QED) is 0.588. The Balaban J connectivity index is 2.39. The van der Waals surface area contributed by atoms with Crippen LogP contribution in [0.25, 0.3) is 0 Å². The van der Waals surface area contributed by atoms with E-state index in [4.69, 9.17) is 0 Å². The van der Waals surface area contributed by atoms with E-state index in [1.165, 1.54) is 0 Å². The SMILES string of the molecule is FC(F)(F)C1CNCCS1. The number of halogens is 3. The molecule has 0 aromatic carbocycles. The van der Waals surface area contributed by atoms with Crippen molar-refractivity contribution in [2.75, 3.05) is 18.8 Å². The molecule has 1 fully saturated rings. The Morgan fingerprint density at radius 1 is 1.40 bits per heavy atom. The van der Waals surface area contributed by atoms with Gasteiger partial charge in [-0.2, -0.15) is 13.2 Å². The molecule has 1 rings (SSSR count). The van der Waals surface area contributed by atoms with Crippen molar-refractivity contribution in [3.05, 3.63) is 0 Å². The lowest BCUT2D eigenvalue weighted by Gasteiger charge is -2.24. The molecule has 1 unspecified atom stereocenters. The molecule has 0 radical (unpaired) electrons. The number of hydrogen-bond donors (Lipinski definition) is 1. The topological polar surface area (TPSA) is 12.0 Å². The minimum absolute atomic E-state index is 0.0637. The molecule has 0 saturated carbocycles. The molecule has 10 heavy (non-hydrogen) atoms. The fourth-order valence-corrected chi connectivity index (χ4v) is 1.75. The van der Waals surface area contributed by atoms with Crippen LogP contribution >= 0.6 is 11.8 Å². The third-order valence-electron chi connectivity index (χ3n) is 1.29. The van der Waals surface area contributed by atoms with Crippen molar-refractivity contribution in [1.29, 1.82) is 0 Å². The summed E-state index contributed by atoms with van der Waals surface area (Å²) in [5, 5.41) is 1.51. The lowest BCUT2D eigenvalue weighted by molar-refractivity contribution is -0.128. The van der Waals surface area contributed by atoms with Gasteiger partial charge in [-0.15, -0.1) is 11.8 Å².